The monoisotopic (exact) mass is 472 g/mol. The van der Waals surface area contributed by atoms with Crippen LogP contribution in [0.2, 0.25) is 5.02 Å². The molecule has 3 rings (SSSR count). The molecule has 9 heteroatoms. The van der Waals surface area contributed by atoms with Crippen molar-refractivity contribution in [3.63, 3.8) is 0 Å². The molecule has 3 atom stereocenters. The molecule has 0 aliphatic carbocycles. The van der Waals surface area contributed by atoms with Crippen molar-refractivity contribution in [2.24, 2.45) is 0 Å². The number of benzene rings is 2. The van der Waals surface area contributed by atoms with E-state index in [0.717, 1.165) is 19.3 Å². The molecular formula is C22H27ClF2N2O3S. The van der Waals surface area contributed by atoms with Crippen LogP contribution in [0.25, 0.3) is 0 Å². The standard InChI is InChI=1S/C16H22ClFN2O3S.C6H5F/c1-11(12-5-6-14(17)15(18)10-12)20-9-7-13(23-16(20)21)4-3-8-19-24(2)22;7-6-4-2-1-3-5-6/h5-6,10-11,13,19H,3-4,7-9H2,1-2H3;1-5H. The molecule has 3 unspecified atom stereocenters. The average Bonchev–Trinajstić information content (AvgIpc) is 2.74. The maximum atomic E-state index is 13.6. The summed E-state index contributed by atoms with van der Waals surface area (Å²) >= 11 is 5.69. The van der Waals surface area contributed by atoms with E-state index in [2.05, 4.69) is 4.72 Å². The van der Waals surface area contributed by atoms with E-state index < -0.39 is 16.8 Å². The van der Waals surface area contributed by atoms with E-state index in [1.54, 1.807) is 35.4 Å². The van der Waals surface area contributed by atoms with Crippen molar-refractivity contribution in [2.45, 2.75) is 38.3 Å². The number of carbonyl (C=O) groups excluding carboxylic acids is 1. The Morgan fingerprint density at radius 2 is 1.97 bits per heavy atom. The Labute approximate surface area is 189 Å². The fourth-order valence-corrected chi connectivity index (χ4v) is 3.66. The largest absolute Gasteiger partial charge is 0.446 e. The molecule has 31 heavy (non-hydrogen) atoms. The first-order valence-corrected chi connectivity index (χ1v) is 11.9. The van der Waals surface area contributed by atoms with Gasteiger partial charge in [-0.15, -0.1) is 0 Å². The van der Waals surface area contributed by atoms with Gasteiger partial charge < -0.3 is 9.64 Å². The van der Waals surface area contributed by atoms with E-state index in [4.69, 9.17) is 16.3 Å². The van der Waals surface area contributed by atoms with Crippen molar-refractivity contribution in [1.29, 1.82) is 0 Å². The van der Waals surface area contributed by atoms with Crippen molar-refractivity contribution in [3.8, 4) is 0 Å². The van der Waals surface area contributed by atoms with Crippen LogP contribution in [0.15, 0.2) is 48.5 Å². The molecule has 2 aromatic carbocycles. The molecule has 1 N–H and O–H groups in total. The van der Waals surface area contributed by atoms with Crippen molar-refractivity contribution in [2.75, 3.05) is 19.3 Å². The van der Waals surface area contributed by atoms with Crippen molar-refractivity contribution in [3.05, 3.63) is 70.8 Å². The highest BCUT2D eigenvalue weighted by molar-refractivity contribution is 7.82. The first-order chi connectivity index (χ1) is 14.8. The summed E-state index contributed by atoms with van der Waals surface area (Å²) in [4.78, 5) is 13.8. The van der Waals surface area contributed by atoms with Crippen LogP contribution in [0.1, 0.15) is 37.8 Å². The molecule has 170 valence electrons. The summed E-state index contributed by atoms with van der Waals surface area (Å²) in [5.74, 6) is -0.674. The predicted octanol–water partition coefficient (Wildman–Crippen LogP) is 5.24. The van der Waals surface area contributed by atoms with E-state index in [9.17, 15) is 17.8 Å². The summed E-state index contributed by atoms with van der Waals surface area (Å²) in [6.07, 6.45) is 3.31. The van der Waals surface area contributed by atoms with Crippen LogP contribution >= 0.6 is 11.6 Å². The SMILES string of the molecule is CC(c1ccc(Cl)c(F)c1)N1CCC(CCCNS(C)=O)OC1=O.Fc1ccccc1. The van der Waals surface area contributed by atoms with Gasteiger partial charge in [0.25, 0.3) is 0 Å². The van der Waals surface area contributed by atoms with Gasteiger partial charge in [0.05, 0.1) is 22.1 Å². The fourth-order valence-electron chi connectivity index (χ4n) is 3.11. The first kappa shape index (κ1) is 25.2. The van der Waals surface area contributed by atoms with Gasteiger partial charge in [0, 0.05) is 25.8 Å². The second-order valence-electron chi connectivity index (χ2n) is 7.12. The molecule has 1 fully saturated rings. The third-order valence-corrected chi connectivity index (χ3v) is 5.75. The summed E-state index contributed by atoms with van der Waals surface area (Å²) in [5.41, 5.74) is 0.682. The number of amides is 1. The summed E-state index contributed by atoms with van der Waals surface area (Å²) in [6, 6.07) is 12.2. The quantitative estimate of drug-likeness (QED) is 0.560. The zero-order valence-corrected chi connectivity index (χ0v) is 19.1. The zero-order chi connectivity index (χ0) is 22.8. The van der Waals surface area contributed by atoms with Gasteiger partial charge in [-0.1, -0.05) is 35.9 Å². The fraction of sp³-hybridized carbons (Fsp3) is 0.409. The highest BCUT2D eigenvalue weighted by Crippen LogP contribution is 2.28. The highest BCUT2D eigenvalue weighted by atomic mass is 35.5. The molecule has 0 saturated carbocycles. The average molecular weight is 473 g/mol. The second kappa shape index (κ2) is 12.7. The van der Waals surface area contributed by atoms with Gasteiger partial charge >= 0.3 is 6.09 Å². The van der Waals surface area contributed by atoms with Crippen LogP contribution in [0, 0.1) is 11.6 Å². The predicted molar refractivity (Wildman–Crippen MR) is 119 cm³/mol. The topological polar surface area (TPSA) is 58.6 Å². The van der Waals surface area contributed by atoms with E-state index in [-0.39, 0.29) is 29.1 Å². The van der Waals surface area contributed by atoms with Crippen LogP contribution in [0.4, 0.5) is 13.6 Å². The van der Waals surface area contributed by atoms with Crippen molar-refractivity contribution in [1.82, 2.24) is 9.62 Å². The molecule has 1 aliphatic heterocycles. The lowest BCUT2D eigenvalue weighted by atomic mass is 10.0. The van der Waals surface area contributed by atoms with Gasteiger partial charge in [0.15, 0.2) is 0 Å². The molecule has 0 radical (unpaired) electrons. The van der Waals surface area contributed by atoms with Crippen LogP contribution in [-0.2, 0) is 15.7 Å². The Morgan fingerprint density at radius 3 is 2.52 bits per heavy atom. The maximum absolute atomic E-state index is 13.6. The van der Waals surface area contributed by atoms with Crippen LogP contribution in [-0.4, -0.2) is 40.7 Å². The number of nitrogens with one attached hydrogen (secondary N) is 1. The van der Waals surface area contributed by atoms with Gasteiger partial charge in [0.1, 0.15) is 17.7 Å². The molecule has 0 aromatic heterocycles. The number of hydrogen-bond donors (Lipinski definition) is 1. The van der Waals surface area contributed by atoms with Gasteiger partial charge in [0.2, 0.25) is 0 Å². The Balaban J connectivity index is 0.000000412. The Hall–Kier alpha value is -2.03. The lowest BCUT2D eigenvalue weighted by Crippen LogP contribution is -2.43. The van der Waals surface area contributed by atoms with E-state index >= 15 is 0 Å². The number of hydrogen-bond acceptors (Lipinski definition) is 3. The third-order valence-electron chi connectivity index (χ3n) is 4.83. The second-order valence-corrected chi connectivity index (χ2v) is 8.73. The molecular weight excluding hydrogens is 446 g/mol. The molecule has 0 bridgehead atoms. The minimum absolute atomic E-state index is 0.0638. The minimum atomic E-state index is -1.02. The maximum Gasteiger partial charge on any atom is 0.410 e. The number of rotatable bonds is 7. The van der Waals surface area contributed by atoms with Gasteiger partial charge in [-0.3, -0.25) is 0 Å². The normalized spacial score (nSPS) is 17.9. The molecule has 1 heterocycles. The molecule has 2 aromatic rings. The Kier molecular flexibility index (Phi) is 10.4. The van der Waals surface area contributed by atoms with E-state index in [0.29, 0.717) is 18.7 Å². The summed E-state index contributed by atoms with van der Waals surface area (Å²) in [6.45, 7) is 3.02. The van der Waals surface area contributed by atoms with Crippen LogP contribution in [0.3, 0.4) is 0 Å². The van der Waals surface area contributed by atoms with E-state index in [1.165, 1.54) is 24.3 Å². The lowest BCUT2D eigenvalue weighted by molar-refractivity contribution is 0.00938. The molecule has 0 spiro atoms. The number of halogens is 3. The first-order valence-electron chi connectivity index (χ1n) is 9.97. The number of ether oxygens (including phenoxy) is 1. The molecule has 1 saturated heterocycles. The smallest absolute Gasteiger partial charge is 0.410 e. The highest BCUT2D eigenvalue weighted by Gasteiger charge is 2.30. The molecule has 5 nitrogen and oxygen atoms in total. The summed E-state index contributed by atoms with van der Waals surface area (Å²) < 4.78 is 44.7. The van der Waals surface area contributed by atoms with Gasteiger partial charge in [-0.2, -0.15) is 0 Å². The Morgan fingerprint density at radius 1 is 1.26 bits per heavy atom. The number of carbonyl (C=O) groups is 1. The summed E-state index contributed by atoms with van der Waals surface area (Å²) in [7, 11) is -1.02. The number of nitrogens with zero attached hydrogens (tertiary/aromatic N) is 1. The van der Waals surface area contributed by atoms with Crippen LogP contribution in [0.5, 0.6) is 0 Å². The van der Waals surface area contributed by atoms with E-state index in [1.807, 2.05) is 6.92 Å². The van der Waals surface area contributed by atoms with Crippen LogP contribution < -0.4 is 4.72 Å². The van der Waals surface area contributed by atoms with Crippen molar-refractivity contribution < 1.29 is 22.5 Å². The van der Waals surface area contributed by atoms with Gasteiger partial charge in [-0.05, 0) is 49.6 Å². The molecule has 1 amide bonds. The van der Waals surface area contributed by atoms with Gasteiger partial charge in [-0.25, -0.2) is 22.5 Å². The molecule has 1 aliphatic rings. The third kappa shape index (κ3) is 8.55. The zero-order valence-electron chi connectivity index (χ0n) is 17.5. The Bertz CT molecular complexity index is 873. The number of cyclic esters (lactones) is 1. The minimum Gasteiger partial charge on any atom is -0.446 e. The van der Waals surface area contributed by atoms with Crippen molar-refractivity contribution >= 4 is 28.7 Å². The summed E-state index contributed by atoms with van der Waals surface area (Å²) in [5, 5.41) is 0.0638. The lowest BCUT2D eigenvalue weighted by Gasteiger charge is -2.36.